The highest BCUT2D eigenvalue weighted by molar-refractivity contribution is 5.78. The zero-order chi connectivity index (χ0) is 15.4. The molecule has 21 heavy (non-hydrogen) atoms. The van der Waals surface area contributed by atoms with Crippen molar-refractivity contribution in [3.8, 4) is 5.75 Å². The molecule has 0 bridgehead atoms. The van der Waals surface area contributed by atoms with E-state index in [2.05, 4.69) is 6.92 Å². The van der Waals surface area contributed by atoms with Crippen LogP contribution in [0, 0.1) is 19.8 Å². The number of nitrogens with zero attached hydrogens (tertiary/aromatic N) is 1. The molecule has 0 spiro atoms. The largest absolute Gasteiger partial charge is 0.483 e. The zero-order valence-corrected chi connectivity index (χ0v) is 13.3. The van der Waals surface area contributed by atoms with Gasteiger partial charge in [-0.1, -0.05) is 25.1 Å². The number of carbonyl (C=O) groups excluding carboxylic acids is 1. The molecule has 4 heteroatoms. The highest BCUT2D eigenvalue weighted by Gasteiger charge is 2.29. The van der Waals surface area contributed by atoms with E-state index in [0.29, 0.717) is 12.5 Å². The standard InChI is InChI=1S/C17H26N2O2/c1-12-7-8-19(15(9-12)10-18)16(20)11-21-17-13(2)5-4-6-14(17)3/h4-6,12,15H,7-11,18H2,1-3H3. The van der Waals surface area contributed by atoms with E-state index < -0.39 is 0 Å². The van der Waals surface area contributed by atoms with Crippen LogP contribution in [0.4, 0.5) is 0 Å². The lowest BCUT2D eigenvalue weighted by Gasteiger charge is -2.38. The average molecular weight is 290 g/mol. The number of hydrogen-bond acceptors (Lipinski definition) is 3. The lowest BCUT2D eigenvalue weighted by molar-refractivity contribution is -0.137. The van der Waals surface area contributed by atoms with Crippen molar-refractivity contribution in [3.05, 3.63) is 29.3 Å². The van der Waals surface area contributed by atoms with Crippen LogP contribution >= 0.6 is 0 Å². The Morgan fingerprint density at radius 2 is 2.05 bits per heavy atom. The van der Waals surface area contributed by atoms with Crippen molar-refractivity contribution in [2.24, 2.45) is 11.7 Å². The first-order valence-electron chi connectivity index (χ1n) is 7.71. The summed E-state index contributed by atoms with van der Waals surface area (Å²) in [7, 11) is 0. The number of aryl methyl sites for hydroxylation is 2. The fourth-order valence-electron chi connectivity index (χ4n) is 3.05. The van der Waals surface area contributed by atoms with Crippen LogP contribution in [0.25, 0.3) is 0 Å². The molecule has 1 aromatic carbocycles. The summed E-state index contributed by atoms with van der Waals surface area (Å²) >= 11 is 0. The van der Waals surface area contributed by atoms with E-state index in [-0.39, 0.29) is 18.6 Å². The van der Waals surface area contributed by atoms with Crippen LogP contribution in [0.5, 0.6) is 5.75 Å². The normalized spacial score (nSPS) is 22.2. The Hall–Kier alpha value is -1.55. The second-order valence-corrected chi connectivity index (χ2v) is 6.12. The van der Waals surface area contributed by atoms with E-state index in [9.17, 15) is 4.79 Å². The summed E-state index contributed by atoms with van der Waals surface area (Å²) < 4.78 is 5.77. The van der Waals surface area contributed by atoms with Crippen LogP contribution in [0.2, 0.25) is 0 Å². The summed E-state index contributed by atoms with van der Waals surface area (Å²) in [6, 6.07) is 6.15. The van der Waals surface area contributed by atoms with E-state index in [1.54, 1.807) is 0 Å². The number of benzene rings is 1. The fourth-order valence-corrected chi connectivity index (χ4v) is 3.05. The van der Waals surface area contributed by atoms with Gasteiger partial charge >= 0.3 is 0 Å². The quantitative estimate of drug-likeness (QED) is 0.925. The molecule has 116 valence electrons. The van der Waals surface area contributed by atoms with E-state index >= 15 is 0 Å². The van der Waals surface area contributed by atoms with Crippen LogP contribution in [0.3, 0.4) is 0 Å². The third-order valence-corrected chi connectivity index (χ3v) is 4.32. The molecule has 1 fully saturated rings. The minimum Gasteiger partial charge on any atom is -0.483 e. The maximum atomic E-state index is 12.4. The van der Waals surface area contributed by atoms with Gasteiger partial charge in [0, 0.05) is 19.1 Å². The predicted octanol–water partition coefficient (Wildman–Crippen LogP) is 2.27. The maximum absolute atomic E-state index is 12.4. The lowest BCUT2D eigenvalue weighted by Crippen LogP contribution is -2.50. The molecule has 0 aromatic heterocycles. The number of nitrogens with two attached hydrogens (primary N) is 1. The molecule has 2 unspecified atom stereocenters. The Morgan fingerprint density at radius 1 is 1.38 bits per heavy atom. The molecule has 0 aliphatic carbocycles. The first-order valence-corrected chi connectivity index (χ1v) is 7.71. The van der Waals surface area contributed by atoms with Gasteiger partial charge in [0.25, 0.3) is 5.91 Å². The molecule has 2 N–H and O–H groups in total. The van der Waals surface area contributed by atoms with E-state index in [0.717, 1.165) is 36.3 Å². The number of rotatable bonds is 4. The second kappa shape index (κ2) is 6.94. The van der Waals surface area contributed by atoms with Crippen molar-refractivity contribution in [1.82, 2.24) is 4.90 Å². The van der Waals surface area contributed by atoms with Gasteiger partial charge in [-0.15, -0.1) is 0 Å². The van der Waals surface area contributed by atoms with Gasteiger partial charge in [0.1, 0.15) is 5.75 Å². The number of para-hydroxylation sites is 1. The Bertz CT molecular complexity index is 481. The third kappa shape index (κ3) is 3.76. The Kier molecular flexibility index (Phi) is 5.23. The van der Waals surface area contributed by atoms with Gasteiger partial charge in [-0.2, -0.15) is 0 Å². The molecule has 0 radical (unpaired) electrons. The lowest BCUT2D eigenvalue weighted by atomic mass is 9.92. The summed E-state index contributed by atoms with van der Waals surface area (Å²) in [6.07, 6.45) is 2.04. The first kappa shape index (κ1) is 15.8. The molecular formula is C17H26N2O2. The number of piperidine rings is 1. The Labute approximate surface area is 127 Å². The van der Waals surface area contributed by atoms with Crippen molar-refractivity contribution in [2.75, 3.05) is 19.7 Å². The summed E-state index contributed by atoms with van der Waals surface area (Å²) in [5, 5.41) is 0. The number of hydrogen-bond donors (Lipinski definition) is 1. The van der Waals surface area contributed by atoms with Crippen LogP contribution in [0.15, 0.2) is 18.2 Å². The molecule has 1 aliphatic rings. The molecule has 1 saturated heterocycles. The van der Waals surface area contributed by atoms with Crippen LogP contribution in [0.1, 0.15) is 30.9 Å². The van der Waals surface area contributed by atoms with Crippen LogP contribution < -0.4 is 10.5 Å². The Morgan fingerprint density at radius 3 is 2.67 bits per heavy atom. The molecule has 1 aliphatic heterocycles. The third-order valence-electron chi connectivity index (χ3n) is 4.32. The monoisotopic (exact) mass is 290 g/mol. The molecule has 1 heterocycles. The molecule has 2 atom stereocenters. The highest BCUT2D eigenvalue weighted by atomic mass is 16.5. The van der Waals surface area contributed by atoms with Crippen LogP contribution in [-0.4, -0.2) is 36.5 Å². The van der Waals surface area contributed by atoms with E-state index in [1.165, 1.54) is 0 Å². The number of ether oxygens (including phenoxy) is 1. The minimum absolute atomic E-state index is 0.0417. The second-order valence-electron chi connectivity index (χ2n) is 6.12. The SMILES string of the molecule is Cc1cccc(C)c1OCC(=O)N1CCC(C)CC1CN. The van der Waals surface area contributed by atoms with Crippen molar-refractivity contribution in [1.29, 1.82) is 0 Å². The molecule has 0 saturated carbocycles. The molecule has 1 amide bonds. The van der Waals surface area contributed by atoms with Crippen molar-refractivity contribution >= 4 is 5.91 Å². The molecule has 4 nitrogen and oxygen atoms in total. The summed E-state index contributed by atoms with van der Waals surface area (Å²) in [4.78, 5) is 14.3. The van der Waals surface area contributed by atoms with Gasteiger partial charge < -0.3 is 15.4 Å². The predicted molar refractivity (Wildman–Crippen MR) is 84.4 cm³/mol. The first-order chi connectivity index (χ1) is 10.0. The summed E-state index contributed by atoms with van der Waals surface area (Å²) in [5.41, 5.74) is 7.94. The zero-order valence-electron chi connectivity index (χ0n) is 13.3. The molecule has 2 rings (SSSR count). The fraction of sp³-hybridized carbons (Fsp3) is 0.588. The smallest absolute Gasteiger partial charge is 0.260 e. The number of carbonyl (C=O) groups is 1. The van der Waals surface area contributed by atoms with E-state index in [1.807, 2.05) is 36.9 Å². The summed E-state index contributed by atoms with van der Waals surface area (Å²) in [5.74, 6) is 1.50. The highest BCUT2D eigenvalue weighted by Crippen LogP contribution is 2.24. The van der Waals surface area contributed by atoms with Gasteiger partial charge in [0.15, 0.2) is 6.61 Å². The average Bonchev–Trinajstić information content (AvgIpc) is 2.46. The van der Waals surface area contributed by atoms with Crippen molar-refractivity contribution in [3.63, 3.8) is 0 Å². The topological polar surface area (TPSA) is 55.6 Å². The minimum atomic E-state index is 0.0417. The van der Waals surface area contributed by atoms with Crippen LogP contribution in [-0.2, 0) is 4.79 Å². The van der Waals surface area contributed by atoms with Gasteiger partial charge in [-0.05, 0) is 43.7 Å². The van der Waals surface area contributed by atoms with Gasteiger partial charge in [0.05, 0.1) is 0 Å². The van der Waals surface area contributed by atoms with Gasteiger partial charge in [0.2, 0.25) is 0 Å². The Balaban J connectivity index is 1.98. The number of likely N-dealkylation sites (tertiary alicyclic amines) is 1. The van der Waals surface area contributed by atoms with Crippen molar-refractivity contribution in [2.45, 2.75) is 39.7 Å². The summed E-state index contributed by atoms with van der Waals surface area (Å²) in [6.45, 7) is 7.63. The van der Waals surface area contributed by atoms with Gasteiger partial charge in [-0.25, -0.2) is 0 Å². The number of amides is 1. The van der Waals surface area contributed by atoms with E-state index in [4.69, 9.17) is 10.5 Å². The van der Waals surface area contributed by atoms with Gasteiger partial charge in [-0.3, -0.25) is 4.79 Å². The molecule has 1 aromatic rings. The van der Waals surface area contributed by atoms with Crippen molar-refractivity contribution < 1.29 is 9.53 Å². The molecular weight excluding hydrogens is 264 g/mol. The maximum Gasteiger partial charge on any atom is 0.260 e.